The summed E-state index contributed by atoms with van der Waals surface area (Å²) in [5.74, 6) is -1.41. The van der Waals surface area contributed by atoms with Gasteiger partial charge in [0.05, 0.1) is 49.9 Å². The Morgan fingerprint density at radius 3 is 2.64 bits per heavy atom. The molecule has 9 heteroatoms. The van der Waals surface area contributed by atoms with Crippen LogP contribution in [0.15, 0.2) is 42.6 Å². The monoisotopic (exact) mass is 537 g/mol. The highest BCUT2D eigenvalue weighted by molar-refractivity contribution is 5.70. The lowest BCUT2D eigenvalue weighted by Gasteiger charge is -2.27. The van der Waals surface area contributed by atoms with Gasteiger partial charge in [0.15, 0.2) is 0 Å². The van der Waals surface area contributed by atoms with Crippen molar-refractivity contribution >= 4 is 5.97 Å². The highest BCUT2D eigenvalue weighted by Crippen LogP contribution is 2.31. The molecule has 0 spiro atoms. The fourth-order valence-electron chi connectivity index (χ4n) is 4.82. The number of aromatic nitrogens is 2. The molecule has 0 bridgehead atoms. The molecule has 1 aromatic carbocycles. The number of rotatable bonds is 11. The minimum absolute atomic E-state index is 0.312. The first-order valence-electron chi connectivity index (χ1n) is 13.2. The molecular weight excluding hydrogens is 501 g/mol. The quantitative estimate of drug-likeness (QED) is 0.372. The van der Waals surface area contributed by atoms with Gasteiger partial charge in [0.1, 0.15) is 5.82 Å². The Hall–Kier alpha value is -3.40. The van der Waals surface area contributed by atoms with E-state index >= 15 is 0 Å². The highest BCUT2D eigenvalue weighted by atomic mass is 19.1. The van der Waals surface area contributed by atoms with E-state index in [0.29, 0.717) is 67.4 Å². The summed E-state index contributed by atoms with van der Waals surface area (Å²) in [6, 6.07) is 11.1. The van der Waals surface area contributed by atoms with Gasteiger partial charge >= 0.3 is 5.97 Å². The largest absolute Gasteiger partial charge is 0.481 e. The Morgan fingerprint density at radius 2 is 1.95 bits per heavy atom. The van der Waals surface area contributed by atoms with Crippen LogP contribution in [0.4, 0.5) is 4.39 Å². The maximum absolute atomic E-state index is 14.8. The van der Waals surface area contributed by atoms with Gasteiger partial charge in [-0.25, -0.2) is 9.37 Å². The number of morpholine rings is 1. The van der Waals surface area contributed by atoms with E-state index in [1.165, 1.54) is 7.11 Å². The molecule has 1 aliphatic rings. The van der Waals surface area contributed by atoms with Crippen molar-refractivity contribution in [1.29, 1.82) is 0 Å². The Morgan fingerprint density at radius 1 is 1.18 bits per heavy atom. The van der Waals surface area contributed by atoms with Gasteiger partial charge in [-0.2, -0.15) is 0 Å². The number of hydrogen-bond donors (Lipinski definition) is 2. The number of aliphatic hydroxyl groups excluding tert-OH is 1. The molecule has 0 radical (unpaired) electrons. The van der Waals surface area contributed by atoms with Crippen molar-refractivity contribution in [1.82, 2.24) is 14.9 Å². The lowest BCUT2D eigenvalue weighted by atomic mass is 9.94. The normalized spacial score (nSPS) is 15.6. The van der Waals surface area contributed by atoms with Crippen LogP contribution in [0.1, 0.15) is 47.5 Å². The molecule has 8 nitrogen and oxygen atoms in total. The van der Waals surface area contributed by atoms with Crippen molar-refractivity contribution < 1.29 is 28.9 Å². The molecule has 0 amide bonds. The highest BCUT2D eigenvalue weighted by Gasteiger charge is 2.20. The van der Waals surface area contributed by atoms with Crippen molar-refractivity contribution in [3.63, 3.8) is 0 Å². The fraction of sp³-hybridized carbons (Fsp3) is 0.433. The van der Waals surface area contributed by atoms with Crippen molar-refractivity contribution in [2.75, 3.05) is 33.4 Å². The van der Waals surface area contributed by atoms with Crippen LogP contribution in [0.5, 0.6) is 5.88 Å². The number of aliphatic carboxylic acids is 1. The Bertz CT molecular complexity index is 1300. The second kappa shape index (κ2) is 13.1. The zero-order valence-corrected chi connectivity index (χ0v) is 22.7. The number of carboxylic acids is 1. The molecule has 1 aliphatic heterocycles. The number of benzene rings is 1. The summed E-state index contributed by atoms with van der Waals surface area (Å²) in [7, 11) is 1.49. The van der Waals surface area contributed by atoms with Crippen LogP contribution in [0.2, 0.25) is 0 Å². The number of nitrogens with zero attached hydrogens (tertiary/aromatic N) is 3. The number of pyridine rings is 2. The maximum atomic E-state index is 14.8. The third-order valence-electron chi connectivity index (χ3n) is 7.20. The summed E-state index contributed by atoms with van der Waals surface area (Å²) in [5, 5.41) is 20.3. The molecule has 2 aromatic heterocycles. The Labute approximate surface area is 228 Å². The number of ether oxygens (including phenoxy) is 2. The number of carbonyl (C=O) groups is 1. The van der Waals surface area contributed by atoms with Gasteiger partial charge in [0.2, 0.25) is 5.88 Å². The van der Waals surface area contributed by atoms with E-state index in [4.69, 9.17) is 14.5 Å². The predicted molar refractivity (Wildman–Crippen MR) is 145 cm³/mol. The van der Waals surface area contributed by atoms with E-state index in [1.807, 2.05) is 31.2 Å². The average molecular weight is 538 g/mol. The van der Waals surface area contributed by atoms with Crippen molar-refractivity contribution in [3.8, 4) is 17.0 Å². The molecule has 1 saturated heterocycles. The van der Waals surface area contributed by atoms with Gasteiger partial charge < -0.3 is 19.7 Å². The van der Waals surface area contributed by atoms with E-state index in [0.717, 1.165) is 36.0 Å². The topological polar surface area (TPSA) is 105 Å². The molecule has 3 heterocycles. The summed E-state index contributed by atoms with van der Waals surface area (Å²) in [4.78, 5) is 22.2. The zero-order chi connectivity index (χ0) is 27.9. The van der Waals surface area contributed by atoms with Crippen LogP contribution in [-0.2, 0) is 28.9 Å². The average Bonchev–Trinajstić information content (AvgIpc) is 2.93. The number of aliphatic hydroxyl groups is 1. The van der Waals surface area contributed by atoms with Crippen LogP contribution < -0.4 is 4.74 Å². The van der Waals surface area contributed by atoms with Gasteiger partial charge in [-0.05, 0) is 48.9 Å². The van der Waals surface area contributed by atoms with Gasteiger partial charge in [-0.3, -0.25) is 14.7 Å². The van der Waals surface area contributed by atoms with Crippen molar-refractivity contribution in [2.45, 2.75) is 45.8 Å². The second-order valence-electron chi connectivity index (χ2n) is 10.1. The number of halogens is 1. The molecule has 2 unspecified atom stereocenters. The maximum Gasteiger partial charge on any atom is 0.306 e. The fourth-order valence-corrected chi connectivity index (χ4v) is 4.82. The molecule has 1 fully saturated rings. The molecule has 2 atom stereocenters. The number of methoxy groups -OCH3 is 1. The van der Waals surface area contributed by atoms with Crippen molar-refractivity contribution in [3.05, 3.63) is 76.5 Å². The van der Waals surface area contributed by atoms with Crippen LogP contribution >= 0.6 is 0 Å². The van der Waals surface area contributed by atoms with Gasteiger partial charge in [-0.1, -0.05) is 31.2 Å². The van der Waals surface area contributed by atoms with E-state index in [1.54, 1.807) is 19.1 Å². The van der Waals surface area contributed by atoms with E-state index in [9.17, 15) is 19.4 Å². The number of carboxylic acid groups (broad SMARTS) is 1. The van der Waals surface area contributed by atoms with E-state index in [2.05, 4.69) is 9.88 Å². The Kier molecular flexibility index (Phi) is 9.61. The van der Waals surface area contributed by atoms with Crippen molar-refractivity contribution in [2.24, 2.45) is 5.92 Å². The van der Waals surface area contributed by atoms with Crippen LogP contribution in [0.25, 0.3) is 11.1 Å². The lowest BCUT2D eigenvalue weighted by molar-refractivity contribution is -0.141. The molecular formula is C30H36FN3O5. The third-order valence-corrected chi connectivity index (χ3v) is 7.20. The van der Waals surface area contributed by atoms with Gasteiger partial charge in [0, 0.05) is 36.8 Å². The molecule has 39 heavy (non-hydrogen) atoms. The van der Waals surface area contributed by atoms with E-state index < -0.39 is 23.8 Å². The standard InChI is InChI=1S/C30H36FN3O5/c1-19-14-21(15-20(2)30(36)37)4-5-22(19)6-9-28(35)26-8-7-23(24-16-29(38-3)32-17-25(24)31)27(33-26)18-34-10-12-39-13-11-34/h4-5,7-8,14,16-17,20,28,35H,6,9-13,15,18H2,1-3H3,(H,36,37). The molecule has 4 rings (SSSR count). The molecule has 2 N–H and O–H groups in total. The van der Waals surface area contributed by atoms with Gasteiger partial charge in [-0.15, -0.1) is 0 Å². The number of hydrogen-bond acceptors (Lipinski definition) is 7. The molecule has 0 aliphatic carbocycles. The summed E-state index contributed by atoms with van der Waals surface area (Å²) in [6.45, 7) is 6.95. The van der Waals surface area contributed by atoms with Gasteiger partial charge in [0.25, 0.3) is 0 Å². The number of aryl methyl sites for hydroxylation is 2. The predicted octanol–water partition coefficient (Wildman–Crippen LogP) is 4.36. The smallest absolute Gasteiger partial charge is 0.306 e. The summed E-state index contributed by atoms with van der Waals surface area (Å²) in [6.07, 6.45) is 1.92. The first-order valence-corrected chi connectivity index (χ1v) is 13.2. The van der Waals surface area contributed by atoms with Crippen LogP contribution in [0, 0.1) is 18.7 Å². The van der Waals surface area contributed by atoms with E-state index in [-0.39, 0.29) is 0 Å². The minimum Gasteiger partial charge on any atom is -0.481 e. The second-order valence-corrected chi connectivity index (χ2v) is 10.1. The SMILES string of the molecule is COc1cc(-c2ccc(C(O)CCc3ccc(CC(C)C(=O)O)cc3C)nc2CN2CCOCC2)c(F)cn1. The first kappa shape index (κ1) is 28.6. The summed E-state index contributed by atoms with van der Waals surface area (Å²) >= 11 is 0. The minimum atomic E-state index is -0.808. The third kappa shape index (κ3) is 7.38. The molecule has 208 valence electrons. The zero-order valence-electron chi connectivity index (χ0n) is 22.7. The lowest BCUT2D eigenvalue weighted by Crippen LogP contribution is -2.36. The first-order chi connectivity index (χ1) is 18.7. The summed E-state index contributed by atoms with van der Waals surface area (Å²) < 4.78 is 25.5. The molecule has 0 saturated carbocycles. The molecule has 3 aromatic rings. The van der Waals surface area contributed by atoms with Crippen LogP contribution in [0.3, 0.4) is 0 Å². The Balaban J connectivity index is 1.53. The van der Waals surface area contributed by atoms with Crippen LogP contribution in [-0.4, -0.2) is 64.5 Å². The summed E-state index contributed by atoms with van der Waals surface area (Å²) in [5.41, 5.74) is 5.34.